The molecule has 1 atom stereocenters. The summed E-state index contributed by atoms with van der Waals surface area (Å²) in [7, 11) is 1.50. The Hall–Kier alpha value is -0.340. The predicted octanol–water partition coefficient (Wildman–Crippen LogP) is 1.70. The summed E-state index contributed by atoms with van der Waals surface area (Å²) in [6, 6.07) is 0. The van der Waals surface area contributed by atoms with Crippen LogP contribution in [0, 0.1) is 0 Å². The summed E-state index contributed by atoms with van der Waals surface area (Å²) in [6.45, 7) is 3.70. The van der Waals surface area contributed by atoms with Crippen LogP contribution in [0.15, 0.2) is 12.2 Å². The van der Waals surface area contributed by atoms with Gasteiger partial charge in [0.2, 0.25) is 0 Å². The van der Waals surface area contributed by atoms with E-state index in [1.807, 2.05) is 12.2 Å². The minimum absolute atomic E-state index is 0.553. The van der Waals surface area contributed by atoms with Gasteiger partial charge in [-0.3, -0.25) is 0 Å². The largest absolute Gasteiger partial charge is 0.365 e. The molecule has 2 nitrogen and oxygen atoms in total. The van der Waals surface area contributed by atoms with E-state index in [1.165, 1.54) is 7.11 Å². The number of ether oxygens (including phenoxy) is 1. The molecule has 0 aromatic rings. The van der Waals surface area contributed by atoms with Gasteiger partial charge in [0, 0.05) is 13.5 Å². The van der Waals surface area contributed by atoms with E-state index in [0.29, 0.717) is 6.42 Å². The molecule has 60 valence electrons. The van der Waals surface area contributed by atoms with E-state index >= 15 is 0 Å². The number of rotatable bonds is 4. The first kappa shape index (κ1) is 9.66. The number of aliphatic hydroxyl groups is 1. The fourth-order valence-corrected chi connectivity index (χ4v) is 0.552. The van der Waals surface area contributed by atoms with E-state index in [2.05, 4.69) is 6.92 Å². The van der Waals surface area contributed by atoms with Gasteiger partial charge in [-0.05, 0) is 13.3 Å². The van der Waals surface area contributed by atoms with Crippen molar-refractivity contribution >= 4 is 0 Å². The highest BCUT2D eigenvalue weighted by Gasteiger charge is 2.15. The zero-order chi connectivity index (χ0) is 8.04. The first-order chi connectivity index (χ1) is 4.62. The fourth-order valence-electron chi connectivity index (χ4n) is 0.552. The van der Waals surface area contributed by atoms with Crippen LogP contribution in [0.3, 0.4) is 0 Å². The zero-order valence-corrected chi connectivity index (χ0v) is 6.92. The van der Waals surface area contributed by atoms with Gasteiger partial charge in [0.05, 0.1) is 0 Å². The Balaban J connectivity index is 3.56. The topological polar surface area (TPSA) is 29.5 Å². The second-order valence-corrected chi connectivity index (χ2v) is 2.46. The molecule has 0 aliphatic carbocycles. The third kappa shape index (κ3) is 4.53. The molecule has 2 heteroatoms. The Morgan fingerprint density at radius 1 is 1.50 bits per heavy atom. The van der Waals surface area contributed by atoms with Crippen molar-refractivity contribution in [1.82, 2.24) is 0 Å². The van der Waals surface area contributed by atoms with Gasteiger partial charge in [0.15, 0.2) is 5.79 Å². The molecule has 0 spiro atoms. The van der Waals surface area contributed by atoms with Crippen LogP contribution in [0.5, 0.6) is 0 Å². The second kappa shape index (κ2) is 4.47. The summed E-state index contributed by atoms with van der Waals surface area (Å²) < 4.78 is 4.79. The van der Waals surface area contributed by atoms with E-state index in [4.69, 9.17) is 4.74 Å². The molecule has 0 saturated heterocycles. The van der Waals surface area contributed by atoms with Crippen LogP contribution in [0.25, 0.3) is 0 Å². The SMILES string of the molecule is CCC=CCC(C)(O)OC. The molecule has 0 aromatic carbocycles. The molecule has 10 heavy (non-hydrogen) atoms. The van der Waals surface area contributed by atoms with E-state index in [9.17, 15) is 5.11 Å². The molecule has 1 unspecified atom stereocenters. The van der Waals surface area contributed by atoms with Crippen LogP contribution in [0.4, 0.5) is 0 Å². The summed E-state index contributed by atoms with van der Waals surface area (Å²) in [5, 5.41) is 9.28. The lowest BCUT2D eigenvalue weighted by molar-refractivity contribution is -0.167. The van der Waals surface area contributed by atoms with Gasteiger partial charge in [0.1, 0.15) is 0 Å². The Morgan fingerprint density at radius 3 is 2.50 bits per heavy atom. The lowest BCUT2D eigenvalue weighted by Gasteiger charge is -2.18. The Bertz CT molecular complexity index is 106. The molecule has 0 aromatic heterocycles. The lowest BCUT2D eigenvalue weighted by atomic mass is 10.2. The van der Waals surface area contributed by atoms with Gasteiger partial charge >= 0.3 is 0 Å². The quantitative estimate of drug-likeness (QED) is 0.480. The van der Waals surface area contributed by atoms with Gasteiger partial charge < -0.3 is 9.84 Å². The minimum atomic E-state index is -0.994. The van der Waals surface area contributed by atoms with Crippen molar-refractivity contribution < 1.29 is 9.84 Å². The van der Waals surface area contributed by atoms with E-state index < -0.39 is 5.79 Å². The molecule has 0 heterocycles. The summed E-state index contributed by atoms with van der Waals surface area (Å²) in [5.74, 6) is -0.994. The van der Waals surface area contributed by atoms with Crippen LogP contribution in [0.1, 0.15) is 26.7 Å². The highest BCUT2D eigenvalue weighted by atomic mass is 16.6. The van der Waals surface area contributed by atoms with Crippen LogP contribution < -0.4 is 0 Å². The van der Waals surface area contributed by atoms with Gasteiger partial charge in [-0.25, -0.2) is 0 Å². The van der Waals surface area contributed by atoms with E-state index in [0.717, 1.165) is 6.42 Å². The molecule has 0 rings (SSSR count). The normalized spacial score (nSPS) is 17.6. The van der Waals surface area contributed by atoms with Crippen molar-refractivity contribution in [2.75, 3.05) is 7.11 Å². The summed E-state index contributed by atoms with van der Waals surface area (Å²) in [6.07, 6.45) is 5.48. The first-order valence-electron chi connectivity index (χ1n) is 3.55. The lowest BCUT2D eigenvalue weighted by Crippen LogP contribution is -2.25. The van der Waals surface area contributed by atoms with E-state index in [1.54, 1.807) is 6.92 Å². The average Bonchev–Trinajstić information content (AvgIpc) is 1.89. The van der Waals surface area contributed by atoms with Gasteiger partial charge in [-0.1, -0.05) is 19.1 Å². The van der Waals surface area contributed by atoms with E-state index in [-0.39, 0.29) is 0 Å². The zero-order valence-electron chi connectivity index (χ0n) is 6.92. The number of hydrogen-bond donors (Lipinski definition) is 1. The molecular formula is C8H16O2. The highest BCUT2D eigenvalue weighted by Crippen LogP contribution is 2.09. The summed E-state index contributed by atoms with van der Waals surface area (Å²) in [4.78, 5) is 0. The monoisotopic (exact) mass is 144 g/mol. The van der Waals surface area contributed by atoms with Crippen molar-refractivity contribution in [3.63, 3.8) is 0 Å². The van der Waals surface area contributed by atoms with Gasteiger partial charge in [-0.15, -0.1) is 0 Å². The van der Waals surface area contributed by atoms with Crippen LogP contribution >= 0.6 is 0 Å². The molecule has 0 aliphatic rings. The first-order valence-corrected chi connectivity index (χ1v) is 3.55. The minimum Gasteiger partial charge on any atom is -0.365 e. The van der Waals surface area contributed by atoms with Crippen LogP contribution in [0.2, 0.25) is 0 Å². The third-order valence-corrected chi connectivity index (χ3v) is 1.34. The Kier molecular flexibility index (Phi) is 4.32. The fraction of sp³-hybridized carbons (Fsp3) is 0.750. The Morgan fingerprint density at radius 2 is 2.10 bits per heavy atom. The maximum Gasteiger partial charge on any atom is 0.165 e. The molecule has 0 aliphatic heterocycles. The molecule has 0 saturated carbocycles. The Labute approximate surface area is 62.5 Å². The number of methoxy groups -OCH3 is 1. The van der Waals surface area contributed by atoms with Crippen molar-refractivity contribution in [3.05, 3.63) is 12.2 Å². The van der Waals surface area contributed by atoms with Crippen LogP contribution in [-0.4, -0.2) is 18.0 Å². The predicted molar refractivity (Wildman–Crippen MR) is 41.7 cm³/mol. The number of allylic oxidation sites excluding steroid dienone is 1. The highest BCUT2D eigenvalue weighted by molar-refractivity contribution is 4.84. The van der Waals surface area contributed by atoms with Crippen LogP contribution in [-0.2, 0) is 4.74 Å². The maximum absolute atomic E-state index is 9.28. The molecule has 0 fully saturated rings. The maximum atomic E-state index is 9.28. The van der Waals surface area contributed by atoms with Crippen molar-refractivity contribution in [3.8, 4) is 0 Å². The van der Waals surface area contributed by atoms with Crippen molar-refractivity contribution in [2.24, 2.45) is 0 Å². The van der Waals surface area contributed by atoms with Gasteiger partial charge in [0.25, 0.3) is 0 Å². The summed E-state index contributed by atoms with van der Waals surface area (Å²) in [5.41, 5.74) is 0. The smallest absolute Gasteiger partial charge is 0.165 e. The molecule has 0 radical (unpaired) electrons. The molecule has 0 amide bonds. The molecule has 1 N–H and O–H groups in total. The van der Waals surface area contributed by atoms with Crippen molar-refractivity contribution in [1.29, 1.82) is 0 Å². The standard InChI is InChI=1S/C8H16O2/c1-4-5-6-7-8(2,9)10-3/h5-6,9H,4,7H2,1-3H3. The van der Waals surface area contributed by atoms with Crippen molar-refractivity contribution in [2.45, 2.75) is 32.5 Å². The average molecular weight is 144 g/mol. The molecule has 0 bridgehead atoms. The van der Waals surface area contributed by atoms with Gasteiger partial charge in [-0.2, -0.15) is 0 Å². The molecular weight excluding hydrogens is 128 g/mol. The number of hydrogen-bond acceptors (Lipinski definition) is 2. The second-order valence-electron chi connectivity index (χ2n) is 2.46. The summed E-state index contributed by atoms with van der Waals surface area (Å²) >= 11 is 0. The third-order valence-electron chi connectivity index (χ3n) is 1.34.